The molecule has 0 saturated heterocycles. The Morgan fingerprint density at radius 1 is 0.829 bits per heavy atom. The van der Waals surface area contributed by atoms with Crippen molar-refractivity contribution in [3.63, 3.8) is 0 Å². The van der Waals surface area contributed by atoms with Gasteiger partial charge >= 0.3 is 0 Å². The second kappa shape index (κ2) is 12.0. The number of rotatable bonds is 10. The first-order valence-electron chi connectivity index (χ1n) is 11.5. The fourth-order valence-corrected chi connectivity index (χ4v) is 4.07. The lowest BCUT2D eigenvalue weighted by Crippen LogP contribution is -2.43. The van der Waals surface area contributed by atoms with Gasteiger partial charge in [-0.1, -0.05) is 84.4 Å². The largest absolute Gasteiger partial charge is 0.467 e. The van der Waals surface area contributed by atoms with Gasteiger partial charge in [-0.3, -0.25) is 9.59 Å². The molecule has 0 unspecified atom stereocenters. The van der Waals surface area contributed by atoms with Crippen LogP contribution in [0.4, 0.5) is 0 Å². The van der Waals surface area contributed by atoms with Crippen molar-refractivity contribution >= 4 is 23.4 Å². The summed E-state index contributed by atoms with van der Waals surface area (Å²) in [6.07, 6.45) is 2.44. The fourth-order valence-electron chi connectivity index (χ4n) is 3.94. The molecule has 0 aliphatic rings. The van der Waals surface area contributed by atoms with Gasteiger partial charge in [0, 0.05) is 18.0 Å². The summed E-state index contributed by atoms with van der Waals surface area (Å²) in [5, 5.41) is 3.56. The van der Waals surface area contributed by atoms with Gasteiger partial charge in [0.2, 0.25) is 11.8 Å². The Balaban J connectivity index is 1.62. The van der Waals surface area contributed by atoms with Crippen LogP contribution in [-0.2, 0) is 29.1 Å². The molecule has 0 bridgehead atoms. The van der Waals surface area contributed by atoms with Crippen LogP contribution in [0.2, 0.25) is 5.02 Å². The zero-order valence-corrected chi connectivity index (χ0v) is 20.0. The molecule has 1 heterocycles. The number of carbonyl (C=O) groups excluding carboxylic acids is 2. The second-order valence-electron chi connectivity index (χ2n) is 8.24. The van der Waals surface area contributed by atoms with Crippen molar-refractivity contribution in [2.45, 2.75) is 32.0 Å². The highest BCUT2D eigenvalue weighted by Crippen LogP contribution is 2.26. The van der Waals surface area contributed by atoms with E-state index in [9.17, 15) is 9.59 Å². The van der Waals surface area contributed by atoms with Crippen LogP contribution < -0.4 is 5.32 Å². The van der Waals surface area contributed by atoms with Crippen molar-refractivity contribution < 1.29 is 14.0 Å². The molecule has 0 aliphatic heterocycles. The summed E-state index contributed by atoms with van der Waals surface area (Å²) in [6, 6.07) is 29.4. The van der Waals surface area contributed by atoms with Crippen LogP contribution in [0.1, 0.15) is 34.9 Å². The van der Waals surface area contributed by atoms with E-state index in [-0.39, 0.29) is 31.3 Å². The summed E-state index contributed by atoms with van der Waals surface area (Å²) >= 11 is 6.07. The smallest absolute Gasteiger partial charge is 0.247 e. The summed E-state index contributed by atoms with van der Waals surface area (Å²) < 4.78 is 5.36. The molecular formula is C29H27ClN2O3. The highest BCUT2D eigenvalue weighted by molar-refractivity contribution is 6.30. The average Bonchev–Trinajstić information content (AvgIpc) is 3.42. The maximum absolute atomic E-state index is 13.6. The van der Waals surface area contributed by atoms with Gasteiger partial charge in [0.25, 0.3) is 0 Å². The van der Waals surface area contributed by atoms with Crippen molar-refractivity contribution in [2.24, 2.45) is 0 Å². The van der Waals surface area contributed by atoms with E-state index < -0.39 is 6.04 Å². The first-order valence-corrected chi connectivity index (χ1v) is 11.9. The molecule has 5 nitrogen and oxygen atoms in total. The minimum atomic E-state index is -0.801. The molecule has 0 saturated carbocycles. The van der Waals surface area contributed by atoms with Crippen molar-refractivity contribution in [1.82, 2.24) is 10.2 Å². The maximum atomic E-state index is 13.6. The van der Waals surface area contributed by atoms with Crippen LogP contribution in [-0.4, -0.2) is 16.7 Å². The normalized spacial score (nSPS) is 11.6. The monoisotopic (exact) mass is 486 g/mol. The Morgan fingerprint density at radius 3 is 2.17 bits per heavy atom. The Hall–Kier alpha value is -3.83. The Kier molecular flexibility index (Phi) is 8.36. The molecule has 4 rings (SSSR count). The van der Waals surface area contributed by atoms with Gasteiger partial charge in [-0.15, -0.1) is 0 Å². The number of hydrogen-bond acceptors (Lipinski definition) is 3. The van der Waals surface area contributed by atoms with Crippen LogP contribution in [0.15, 0.2) is 108 Å². The van der Waals surface area contributed by atoms with E-state index in [0.717, 1.165) is 16.7 Å². The fraction of sp³-hybridized carbons (Fsp3) is 0.172. The van der Waals surface area contributed by atoms with E-state index >= 15 is 0 Å². The third-order valence-corrected chi connectivity index (χ3v) is 6.00. The molecule has 0 aliphatic carbocycles. The number of nitrogens with one attached hydrogen (secondary N) is 1. The number of furan rings is 1. The molecule has 3 aromatic carbocycles. The molecular weight excluding hydrogens is 460 g/mol. The molecule has 0 fully saturated rings. The number of aryl methyl sites for hydroxylation is 1. The predicted octanol–water partition coefficient (Wildman–Crippen LogP) is 5.95. The second-order valence-corrected chi connectivity index (χ2v) is 8.68. The summed E-state index contributed by atoms with van der Waals surface area (Å²) in [5.41, 5.74) is 2.71. The highest BCUT2D eigenvalue weighted by Gasteiger charge is 2.31. The van der Waals surface area contributed by atoms with E-state index in [4.69, 9.17) is 16.0 Å². The van der Waals surface area contributed by atoms with Gasteiger partial charge in [-0.25, -0.2) is 0 Å². The van der Waals surface area contributed by atoms with Crippen molar-refractivity contribution in [2.75, 3.05) is 0 Å². The first kappa shape index (κ1) is 24.3. The summed E-state index contributed by atoms with van der Waals surface area (Å²) in [5.74, 6) is 0.269. The van der Waals surface area contributed by atoms with Crippen LogP contribution in [0.25, 0.3) is 0 Å². The van der Waals surface area contributed by atoms with Gasteiger partial charge in [-0.05, 0) is 47.4 Å². The molecule has 4 aromatic rings. The standard InChI is InChI=1S/C29H27ClN2O3/c30-25-16-13-23(14-17-25)21-32(27(33)18-15-22-8-3-1-4-9-22)28(24-10-5-2-6-11-24)29(34)31-20-26-12-7-19-35-26/h1-14,16-17,19,28H,15,18,20-21H2,(H,31,34)/t28-/m1/s1. The average molecular weight is 487 g/mol. The maximum Gasteiger partial charge on any atom is 0.247 e. The number of amides is 2. The van der Waals surface area contributed by atoms with E-state index in [0.29, 0.717) is 17.2 Å². The lowest BCUT2D eigenvalue weighted by molar-refractivity contribution is -0.141. The zero-order chi connectivity index (χ0) is 24.5. The molecule has 35 heavy (non-hydrogen) atoms. The number of hydrogen-bond donors (Lipinski definition) is 1. The highest BCUT2D eigenvalue weighted by atomic mass is 35.5. The Bertz CT molecular complexity index is 1210. The number of halogens is 1. The molecule has 0 radical (unpaired) electrons. The van der Waals surface area contributed by atoms with Crippen LogP contribution in [0.5, 0.6) is 0 Å². The molecule has 0 spiro atoms. The SMILES string of the molecule is O=C(NCc1ccco1)[C@@H](c1ccccc1)N(Cc1ccc(Cl)cc1)C(=O)CCc1ccccc1. The molecule has 6 heteroatoms. The van der Waals surface area contributed by atoms with Gasteiger partial charge in [0.15, 0.2) is 0 Å². The molecule has 1 atom stereocenters. The van der Waals surface area contributed by atoms with Gasteiger partial charge in [0.05, 0.1) is 12.8 Å². The number of nitrogens with zero attached hydrogens (tertiary/aromatic N) is 1. The lowest BCUT2D eigenvalue weighted by atomic mass is 10.0. The van der Waals surface area contributed by atoms with Gasteiger partial charge in [-0.2, -0.15) is 0 Å². The third-order valence-electron chi connectivity index (χ3n) is 5.75. The summed E-state index contributed by atoms with van der Waals surface area (Å²) in [7, 11) is 0. The molecule has 1 aromatic heterocycles. The van der Waals surface area contributed by atoms with Crippen molar-refractivity contribution in [3.05, 3.63) is 131 Å². The van der Waals surface area contributed by atoms with Crippen molar-refractivity contribution in [3.8, 4) is 0 Å². The van der Waals surface area contributed by atoms with Gasteiger partial charge < -0.3 is 14.6 Å². The lowest BCUT2D eigenvalue weighted by Gasteiger charge is -2.31. The molecule has 1 N–H and O–H groups in total. The van der Waals surface area contributed by atoms with Crippen LogP contribution >= 0.6 is 11.6 Å². The van der Waals surface area contributed by atoms with Gasteiger partial charge in [0.1, 0.15) is 11.8 Å². The summed E-state index contributed by atoms with van der Waals surface area (Å²) in [4.78, 5) is 28.8. The Labute approximate surface area is 210 Å². The van der Waals surface area contributed by atoms with Crippen molar-refractivity contribution in [1.29, 1.82) is 0 Å². The van der Waals surface area contributed by atoms with E-state index in [2.05, 4.69) is 5.32 Å². The minimum absolute atomic E-state index is 0.106. The molecule has 2 amide bonds. The quantitative estimate of drug-likeness (QED) is 0.301. The minimum Gasteiger partial charge on any atom is -0.467 e. The van der Waals surface area contributed by atoms with Crippen LogP contribution in [0, 0.1) is 0 Å². The first-order chi connectivity index (χ1) is 17.1. The summed E-state index contributed by atoms with van der Waals surface area (Å²) in [6.45, 7) is 0.515. The number of benzene rings is 3. The van der Waals surface area contributed by atoms with E-state index in [1.54, 1.807) is 35.4 Å². The van der Waals surface area contributed by atoms with Crippen LogP contribution in [0.3, 0.4) is 0 Å². The van der Waals surface area contributed by atoms with E-state index in [1.807, 2.05) is 72.8 Å². The topological polar surface area (TPSA) is 62.6 Å². The zero-order valence-electron chi connectivity index (χ0n) is 19.3. The van der Waals surface area contributed by atoms with E-state index in [1.165, 1.54) is 0 Å². The third kappa shape index (κ3) is 6.84. The predicted molar refractivity (Wildman–Crippen MR) is 137 cm³/mol. The molecule has 178 valence electrons. The number of carbonyl (C=O) groups is 2. The Morgan fingerprint density at radius 2 is 1.51 bits per heavy atom.